The highest BCUT2D eigenvalue weighted by molar-refractivity contribution is 5.99. The first-order valence-corrected chi connectivity index (χ1v) is 5.02. The van der Waals surface area contributed by atoms with Gasteiger partial charge in [0.25, 0.3) is 0 Å². The topological polar surface area (TPSA) is 61.5 Å². The molecule has 1 aromatic carbocycles. The molecule has 0 amide bonds. The van der Waals surface area contributed by atoms with Crippen molar-refractivity contribution in [3.63, 3.8) is 0 Å². The van der Waals surface area contributed by atoms with Crippen molar-refractivity contribution in [1.82, 2.24) is 0 Å². The maximum absolute atomic E-state index is 11.6. The largest absolute Gasteiger partial charge is 0.493 e. The van der Waals surface area contributed by atoms with E-state index >= 15 is 0 Å². The normalized spacial score (nSPS) is 10.1. The lowest BCUT2D eigenvalue weighted by atomic mass is 9.98. The van der Waals surface area contributed by atoms with Gasteiger partial charge >= 0.3 is 0 Å². The van der Waals surface area contributed by atoms with Gasteiger partial charge in [-0.05, 0) is 31.0 Å². The molecule has 1 aromatic rings. The molecule has 4 heteroatoms. The van der Waals surface area contributed by atoms with Crippen molar-refractivity contribution >= 4 is 5.78 Å². The molecule has 88 valence electrons. The SMILES string of the molecule is COc1cc(C(=O)CN)c(C)c(C)c1OC. The number of ketones is 1. The molecular weight excluding hydrogens is 206 g/mol. The summed E-state index contributed by atoms with van der Waals surface area (Å²) in [7, 11) is 3.12. The van der Waals surface area contributed by atoms with E-state index in [4.69, 9.17) is 15.2 Å². The van der Waals surface area contributed by atoms with Gasteiger partial charge in [-0.1, -0.05) is 0 Å². The molecule has 2 N–H and O–H groups in total. The predicted molar refractivity (Wildman–Crippen MR) is 62.4 cm³/mol. The molecule has 0 radical (unpaired) electrons. The van der Waals surface area contributed by atoms with Crippen LogP contribution in [0, 0.1) is 13.8 Å². The van der Waals surface area contributed by atoms with Crippen molar-refractivity contribution in [2.45, 2.75) is 13.8 Å². The molecule has 0 saturated heterocycles. The van der Waals surface area contributed by atoms with Gasteiger partial charge in [-0.2, -0.15) is 0 Å². The molecule has 4 nitrogen and oxygen atoms in total. The second kappa shape index (κ2) is 4.99. The molecule has 0 fully saturated rings. The number of carbonyl (C=O) groups excluding carboxylic acids is 1. The molecule has 0 atom stereocenters. The summed E-state index contributed by atoms with van der Waals surface area (Å²) in [5.41, 5.74) is 7.74. The third-order valence-corrected chi connectivity index (χ3v) is 2.72. The quantitative estimate of drug-likeness (QED) is 0.785. The van der Waals surface area contributed by atoms with Crippen molar-refractivity contribution in [2.75, 3.05) is 20.8 Å². The number of rotatable bonds is 4. The highest BCUT2D eigenvalue weighted by Crippen LogP contribution is 2.34. The second-order valence-corrected chi connectivity index (χ2v) is 3.54. The van der Waals surface area contributed by atoms with Crippen molar-refractivity contribution < 1.29 is 14.3 Å². The second-order valence-electron chi connectivity index (χ2n) is 3.54. The monoisotopic (exact) mass is 223 g/mol. The minimum Gasteiger partial charge on any atom is -0.493 e. The van der Waals surface area contributed by atoms with Crippen LogP contribution in [0.3, 0.4) is 0 Å². The Balaban J connectivity index is 3.44. The molecule has 0 saturated carbocycles. The molecule has 0 aliphatic rings. The van der Waals surface area contributed by atoms with Gasteiger partial charge in [0.1, 0.15) is 0 Å². The first-order chi connectivity index (χ1) is 7.56. The van der Waals surface area contributed by atoms with E-state index in [-0.39, 0.29) is 12.3 Å². The number of methoxy groups -OCH3 is 2. The zero-order valence-electron chi connectivity index (χ0n) is 10.1. The Kier molecular flexibility index (Phi) is 3.90. The van der Waals surface area contributed by atoms with Gasteiger partial charge in [0.15, 0.2) is 17.3 Å². The first kappa shape index (κ1) is 12.5. The highest BCUT2D eigenvalue weighted by Gasteiger charge is 2.17. The van der Waals surface area contributed by atoms with Crippen LogP contribution in [0.25, 0.3) is 0 Å². The fraction of sp³-hybridized carbons (Fsp3) is 0.417. The van der Waals surface area contributed by atoms with Crippen molar-refractivity contribution in [3.8, 4) is 11.5 Å². The number of hydrogen-bond acceptors (Lipinski definition) is 4. The molecule has 0 heterocycles. The van der Waals surface area contributed by atoms with Crippen LogP contribution >= 0.6 is 0 Å². The maximum Gasteiger partial charge on any atom is 0.176 e. The fourth-order valence-corrected chi connectivity index (χ4v) is 1.67. The molecule has 1 rings (SSSR count). The summed E-state index contributed by atoms with van der Waals surface area (Å²) in [6.07, 6.45) is 0. The standard InChI is InChI=1S/C12H17NO3/c1-7-8(2)12(16-4)11(15-3)5-9(7)10(14)6-13/h5H,6,13H2,1-4H3. The van der Waals surface area contributed by atoms with Crippen LogP contribution in [0.2, 0.25) is 0 Å². The summed E-state index contributed by atoms with van der Waals surface area (Å²) in [5.74, 6) is 1.12. The molecule has 0 bridgehead atoms. The van der Waals surface area contributed by atoms with Crippen LogP contribution in [-0.2, 0) is 0 Å². The number of ether oxygens (including phenoxy) is 2. The van der Waals surface area contributed by atoms with Gasteiger partial charge < -0.3 is 15.2 Å². The zero-order chi connectivity index (χ0) is 12.3. The van der Waals surface area contributed by atoms with E-state index in [1.807, 2.05) is 13.8 Å². The summed E-state index contributed by atoms with van der Waals surface area (Å²) < 4.78 is 10.4. The van der Waals surface area contributed by atoms with Crippen LogP contribution in [0.5, 0.6) is 11.5 Å². The Labute approximate surface area is 95.3 Å². The Morgan fingerprint density at radius 3 is 2.31 bits per heavy atom. The lowest BCUT2D eigenvalue weighted by Crippen LogP contribution is -2.15. The van der Waals surface area contributed by atoms with Gasteiger partial charge in [-0.3, -0.25) is 4.79 Å². The number of nitrogens with two attached hydrogens (primary N) is 1. The first-order valence-electron chi connectivity index (χ1n) is 5.02. The lowest BCUT2D eigenvalue weighted by molar-refractivity contribution is 0.100. The number of hydrogen-bond donors (Lipinski definition) is 1. The Morgan fingerprint density at radius 1 is 1.25 bits per heavy atom. The van der Waals surface area contributed by atoms with E-state index in [1.54, 1.807) is 20.3 Å². The average Bonchev–Trinajstić information content (AvgIpc) is 2.31. The van der Waals surface area contributed by atoms with Crippen molar-refractivity contribution in [1.29, 1.82) is 0 Å². The van der Waals surface area contributed by atoms with Crippen LogP contribution in [0.4, 0.5) is 0 Å². The maximum atomic E-state index is 11.6. The minimum absolute atomic E-state index is 0.00420. The predicted octanol–water partition coefficient (Wildman–Crippen LogP) is 1.46. The van der Waals surface area contributed by atoms with Gasteiger partial charge in [0, 0.05) is 5.56 Å². The number of carbonyl (C=O) groups is 1. The highest BCUT2D eigenvalue weighted by atomic mass is 16.5. The Morgan fingerprint density at radius 2 is 1.88 bits per heavy atom. The Bertz CT molecular complexity index is 413. The summed E-state index contributed by atoms with van der Waals surface area (Å²) >= 11 is 0. The number of Topliss-reactive ketones (excluding diaryl/α,β-unsaturated/α-hetero) is 1. The fourth-order valence-electron chi connectivity index (χ4n) is 1.67. The molecule has 0 unspecified atom stereocenters. The third-order valence-electron chi connectivity index (χ3n) is 2.72. The lowest BCUT2D eigenvalue weighted by Gasteiger charge is -2.15. The van der Waals surface area contributed by atoms with E-state index in [0.29, 0.717) is 17.1 Å². The molecule has 16 heavy (non-hydrogen) atoms. The van der Waals surface area contributed by atoms with E-state index < -0.39 is 0 Å². The number of benzene rings is 1. The molecular formula is C12H17NO3. The summed E-state index contributed by atoms with van der Waals surface area (Å²) in [4.78, 5) is 11.6. The summed E-state index contributed by atoms with van der Waals surface area (Å²) in [6, 6.07) is 1.68. The summed E-state index contributed by atoms with van der Waals surface area (Å²) in [6.45, 7) is 3.76. The van der Waals surface area contributed by atoms with Crippen molar-refractivity contribution in [2.24, 2.45) is 5.73 Å². The van der Waals surface area contributed by atoms with E-state index in [0.717, 1.165) is 11.1 Å². The van der Waals surface area contributed by atoms with Gasteiger partial charge in [-0.15, -0.1) is 0 Å². The van der Waals surface area contributed by atoms with Crippen LogP contribution in [0.1, 0.15) is 21.5 Å². The average molecular weight is 223 g/mol. The van der Waals surface area contributed by atoms with Crippen LogP contribution < -0.4 is 15.2 Å². The van der Waals surface area contributed by atoms with Gasteiger partial charge in [0.2, 0.25) is 0 Å². The molecule has 0 spiro atoms. The molecule has 0 aliphatic carbocycles. The minimum atomic E-state index is -0.0958. The Hall–Kier alpha value is -1.55. The van der Waals surface area contributed by atoms with E-state index in [9.17, 15) is 4.79 Å². The van der Waals surface area contributed by atoms with E-state index in [1.165, 1.54) is 0 Å². The van der Waals surface area contributed by atoms with E-state index in [2.05, 4.69) is 0 Å². The van der Waals surface area contributed by atoms with Gasteiger partial charge in [0.05, 0.1) is 20.8 Å². The zero-order valence-corrected chi connectivity index (χ0v) is 10.1. The van der Waals surface area contributed by atoms with Gasteiger partial charge in [-0.25, -0.2) is 0 Å². The third kappa shape index (κ3) is 2.02. The van der Waals surface area contributed by atoms with Crippen LogP contribution in [0.15, 0.2) is 6.07 Å². The molecule has 0 aromatic heterocycles. The summed E-state index contributed by atoms with van der Waals surface area (Å²) in [5, 5.41) is 0. The van der Waals surface area contributed by atoms with Crippen molar-refractivity contribution in [3.05, 3.63) is 22.8 Å². The van der Waals surface area contributed by atoms with Crippen LogP contribution in [-0.4, -0.2) is 26.5 Å². The molecule has 0 aliphatic heterocycles. The smallest absolute Gasteiger partial charge is 0.176 e.